The number of fused-ring (bicyclic) bond motifs is 1. The van der Waals surface area contributed by atoms with Gasteiger partial charge in [-0.25, -0.2) is 13.2 Å². The van der Waals surface area contributed by atoms with Crippen LogP contribution in [0.3, 0.4) is 0 Å². The van der Waals surface area contributed by atoms with Crippen LogP contribution in [0.5, 0.6) is 17.2 Å². The highest BCUT2D eigenvalue weighted by atomic mass is 35.5. The molecule has 50 heavy (non-hydrogen) atoms. The van der Waals surface area contributed by atoms with Gasteiger partial charge >= 0.3 is 11.9 Å². The number of carbonyl (C=O) groups is 3. The summed E-state index contributed by atoms with van der Waals surface area (Å²) in [4.78, 5) is 46.2. The van der Waals surface area contributed by atoms with Gasteiger partial charge in [0, 0.05) is 27.7 Å². The summed E-state index contributed by atoms with van der Waals surface area (Å²) in [7, 11) is -2.01. The minimum absolute atomic E-state index is 0.0563. The second-order valence-electron chi connectivity index (χ2n) is 10.6. The Balaban J connectivity index is 0.000000237. The van der Waals surface area contributed by atoms with Gasteiger partial charge in [0.1, 0.15) is 11.5 Å². The lowest BCUT2D eigenvalue weighted by atomic mass is 10.1. The molecule has 0 aliphatic carbocycles. The second-order valence-corrected chi connectivity index (χ2v) is 12.7. The predicted octanol–water partition coefficient (Wildman–Crippen LogP) is 6.23. The number of esters is 1. The van der Waals surface area contributed by atoms with E-state index in [0.717, 1.165) is 6.26 Å². The molecule has 4 aromatic carbocycles. The largest absolute Gasteiger partial charge is 0.497 e. The van der Waals surface area contributed by atoms with Crippen molar-refractivity contribution in [2.45, 2.75) is 13.3 Å². The minimum Gasteiger partial charge on any atom is -0.497 e. The molecule has 0 spiro atoms. The average molecular weight is 724 g/mol. The number of halogens is 1. The summed E-state index contributed by atoms with van der Waals surface area (Å²) >= 11 is 5.91. The van der Waals surface area contributed by atoms with Crippen LogP contribution in [0.15, 0.2) is 91.0 Å². The molecule has 16 heteroatoms. The Morgan fingerprint density at radius 2 is 1.64 bits per heavy atom. The summed E-state index contributed by atoms with van der Waals surface area (Å²) in [5.74, 6) is -1.16. The maximum Gasteiger partial charge on any atom is 0.341 e. The van der Waals surface area contributed by atoms with Gasteiger partial charge in [-0.1, -0.05) is 29.8 Å². The normalized spacial score (nSPS) is 10.8. The van der Waals surface area contributed by atoms with E-state index in [1.54, 1.807) is 79.7 Å². The number of anilines is 1. The first-order valence-corrected chi connectivity index (χ1v) is 16.8. The highest BCUT2D eigenvalue weighted by molar-refractivity contribution is 7.92. The highest BCUT2D eigenvalue weighted by Gasteiger charge is 2.23. The van der Waals surface area contributed by atoms with Crippen molar-refractivity contribution in [1.82, 2.24) is 4.57 Å². The third-order valence-electron chi connectivity index (χ3n) is 6.96. The van der Waals surface area contributed by atoms with Crippen molar-refractivity contribution in [1.29, 1.82) is 0 Å². The van der Waals surface area contributed by atoms with Crippen LogP contribution in [-0.2, 0) is 30.8 Å². The van der Waals surface area contributed by atoms with Crippen LogP contribution in [0.1, 0.15) is 21.6 Å². The molecule has 0 aliphatic rings. The standard InChI is InChI=1S/C21H18ClNO6.C13H12N2O5S/c1-12-16(10-20(26)29-11-19(24)25)17-9-15(28-2)7-8-18(17)23(12)21(27)13-3-5-14(22)6-4-13;1-21(18,19)14-12-8-7-10(15(16)17)9-13(12)20-11-5-3-2-4-6-11/h3-9H,10-11H2,1-2H3,(H,24,25);2-9,14H,1H3. The van der Waals surface area contributed by atoms with Gasteiger partial charge in [-0.3, -0.25) is 29.0 Å². The molecule has 0 amide bonds. The zero-order valence-electron chi connectivity index (χ0n) is 26.8. The van der Waals surface area contributed by atoms with Gasteiger partial charge in [0.15, 0.2) is 12.4 Å². The number of nitrogens with one attached hydrogen (secondary N) is 1. The van der Waals surface area contributed by atoms with Crippen molar-refractivity contribution >= 4 is 61.7 Å². The number of aliphatic carboxylic acids is 1. The Bertz CT molecular complexity index is 2170. The van der Waals surface area contributed by atoms with Crippen molar-refractivity contribution in [3.8, 4) is 17.2 Å². The van der Waals surface area contributed by atoms with E-state index in [1.807, 2.05) is 0 Å². The van der Waals surface area contributed by atoms with Crippen LogP contribution in [0.4, 0.5) is 11.4 Å². The van der Waals surface area contributed by atoms with Crippen molar-refractivity contribution in [2.75, 3.05) is 24.7 Å². The minimum atomic E-state index is -3.52. The van der Waals surface area contributed by atoms with Crippen LogP contribution in [0.2, 0.25) is 5.02 Å². The number of hydrogen-bond acceptors (Lipinski definition) is 10. The van der Waals surface area contributed by atoms with Crippen molar-refractivity contribution in [2.24, 2.45) is 0 Å². The fraction of sp³-hybridized carbons (Fsp3) is 0.147. The number of para-hydroxylation sites is 1. The van der Waals surface area contributed by atoms with Crippen molar-refractivity contribution < 1.29 is 47.0 Å². The van der Waals surface area contributed by atoms with E-state index in [1.165, 1.54) is 29.9 Å². The Labute approximate surface area is 291 Å². The molecule has 0 aliphatic heterocycles. The summed E-state index contributed by atoms with van der Waals surface area (Å²) in [5.41, 5.74) is 2.10. The zero-order chi connectivity index (χ0) is 36.6. The van der Waals surface area contributed by atoms with Crippen LogP contribution in [0.25, 0.3) is 10.9 Å². The van der Waals surface area contributed by atoms with Gasteiger partial charge < -0.3 is 19.3 Å². The summed E-state index contributed by atoms with van der Waals surface area (Å²) in [6.45, 7) is 1.00. The van der Waals surface area contributed by atoms with Crippen LogP contribution in [-0.4, -0.2) is 60.8 Å². The van der Waals surface area contributed by atoms with E-state index in [0.29, 0.717) is 44.2 Å². The third kappa shape index (κ3) is 9.58. The highest BCUT2D eigenvalue weighted by Crippen LogP contribution is 2.34. The van der Waals surface area contributed by atoms with Crippen molar-refractivity contribution in [3.63, 3.8) is 0 Å². The number of carboxylic acid groups (broad SMARTS) is 1. The Morgan fingerprint density at radius 3 is 2.24 bits per heavy atom. The molecule has 0 unspecified atom stereocenters. The third-order valence-corrected chi connectivity index (χ3v) is 7.80. The quantitative estimate of drug-likeness (QED) is 0.0891. The monoisotopic (exact) mass is 723 g/mol. The van der Waals surface area contributed by atoms with Gasteiger partial charge in [-0.05, 0) is 73.2 Å². The fourth-order valence-corrected chi connectivity index (χ4v) is 5.44. The van der Waals surface area contributed by atoms with Crippen molar-refractivity contribution in [3.05, 3.63) is 123 Å². The second kappa shape index (κ2) is 16.0. The lowest BCUT2D eigenvalue weighted by Gasteiger charge is -2.11. The molecule has 0 bridgehead atoms. The first kappa shape index (κ1) is 36.9. The molecule has 0 atom stereocenters. The fourth-order valence-electron chi connectivity index (χ4n) is 4.74. The summed E-state index contributed by atoms with van der Waals surface area (Å²) in [5, 5.41) is 20.7. The average Bonchev–Trinajstić information content (AvgIpc) is 3.34. The maximum absolute atomic E-state index is 13.2. The van der Waals surface area contributed by atoms with Crippen LogP contribution in [0, 0.1) is 17.0 Å². The van der Waals surface area contributed by atoms with E-state index >= 15 is 0 Å². The molecule has 260 valence electrons. The van der Waals surface area contributed by atoms with Crippen LogP contribution >= 0.6 is 11.6 Å². The Kier molecular flexibility index (Phi) is 11.8. The van der Waals surface area contributed by atoms with Gasteiger partial charge in [0.05, 0.1) is 42.0 Å². The molecule has 5 rings (SSSR count). The number of nitro benzene ring substituents is 1. The number of benzene rings is 4. The molecule has 0 saturated heterocycles. The number of rotatable bonds is 11. The van der Waals surface area contributed by atoms with E-state index < -0.39 is 33.5 Å². The molecule has 1 heterocycles. The Morgan fingerprint density at radius 1 is 0.960 bits per heavy atom. The smallest absolute Gasteiger partial charge is 0.341 e. The molecule has 0 fully saturated rings. The summed E-state index contributed by atoms with van der Waals surface area (Å²) in [6, 6.07) is 23.9. The number of ether oxygens (including phenoxy) is 3. The van der Waals surface area contributed by atoms with E-state index in [2.05, 4.69) is 4.72 Å². The van der Waals surface area contributed by atoms with E-state index in [4.69, 9.17) is 30.9 Å². The number of nitrogens with zero attached hydrogens (tertiary/aromatic N) is 2. The number of carbonyl (C=O) groups excluding carboxylic acids is 2. The van der Waals surface area contributed by atoms with Gasteiger partial charge in [-0.15, -0.1) is 0 Å². The summed E-state index contributed by atoms with van der Waals surface area (Å²) < 4.78 is 42.0. The lowest BCUT2D eigenvalue weighted by molar-refractivity contribution is -0.384. The molecule has 5 aromatic rings. The molecule has 0 radical (unpaired) electrons. The van der Waals surface area contributed by atoms with E-state index in [-0.39, 0.29) is 29.5 Å². The lowest BCUT2D eigenvalue weighted by Crippen LogP contribution is -2.16. The number of aromatic nitrogens is 1. The van der Waals surface area contributed by atoms with Gasteiger partial charge in [0.2, 0.25) is 10.0 Å². The van der Waals surface area contributed by atoms with Gasteiger partial charge in [-0.2, -0.15) is 0 Å². The summed E-state index contributed by atoms with van der Waals surface area (Å²) in [6.07, 6.45) is 0.810. The first-order valence-electron chi connectivity index (χ1n) is 14.5. The zero-order valence-corrected chi connectivity index (χ0v) is 28.4. The number of hydrogen-bond donors (Lipinski definition) is 2. The maximum atomic E-state index is 13.2. The number of nitro groups is 1. The topological polar surface area (TPSA) is 193 Å². The first-order chi connectivity index (χ1) is 23.7. The molecule has 14 nitrogen and oxygen atoms in total. The number of sulfonamides is 1. The molecule has 0 saturated carbocycles. The molecular formula is C34H30ClN3O11S. The predicted molar refractivity (Wildman–Crippen MR) is 185 cm³/mol. The molecule has 1 aromatic heterocycles. The SMILES string of the molecule is COc1ccc2c(c1)c(CC(=O)OCC(=O)O)c(C)n2C(=O)c1ccc(Cl)cc1.CS(=O)(=O)Nc1ccc([N+](=O)[O-])cc1Oc1ccccc1. The van der Waals surface area contributed by atoms with E-state index in [9.17, 15) is 32.9 Å². The van der Waals surface area contributed by atoms with Gasteiger partial charge in [0.25, 0.3) is 11.6 Å². The number of methoxy groups -OCH3 is 1. The van der Waals surface area contributed by atoms with Crippen LogP contribution < -0.4 is 14.2 Å². The molecule has 2 N–H and O–H groups in total. The number of non-ortho nitro benzene ring substituents is 1. The Hall–Kier alpha value is -5.93. The molecular weight excluding hydrogens is 694 g/mol. The number of carboxylic acids is 1.